The maximum absolute atomic E-state index is 13.0. The molecule has 2 N–H and O–H groups in total. The van der Waals surface area contributed by atoms with E-state index in [4.69, 9.17) is 0 Å². The molecule has 4 atom stereocenters. The van der Waals surface area contributed by atoms with Crippen molar-refractivity contribution >= 4 is 18.3 Å². The molecule has 0 aromatic heterocycles. The predicted molar refractivity (Wildman–Crippen MR) is 96.8 cm³/mol. The lowest BCUT2D eigenvalue weighted by molar-refractivity contribution is -0.134. The normalized spacial score (nSPS) is 29.8. The van der Waals surface area contributed by atoms with E-state index in [0.29, 0.717) is 18.5 Å². The number of carbonyl (C=O) groups excluding carboxylic acids is 1. The van der Waals surface area contributed by atoms with Crippen molar-refractivity contribution in [1.29, 1.82) is 0 Å². The van der Waals surface area contributed by atoms with Crippen molar-refractivity contribution in [3.63, 3.8) is 0 Å². The van der Waals surface area contributed by atoms with E-state index in [0.717, 1.165) is 18.8 Å². The summed E-state index contributed by atoms with van der Waals surface area (Å²) >= 11 is 0. The zero-order chi connectivity index (χ0) is 15.6. The average Bonchev–Trinajstić information content (AvgIpc) is 3.14. The van der Waals surface area contributed by atoms with Gasteiger partial charge in [-0.2, -0.15) is 0 Å². The Bertz CT molecular complexity index is 521. The van der Waals surface area contributed by atoms with Crippen LogP contribution in [-0.2, 0) is 11.2 Å². The van der Waals surface area contributed by atoms with E-state index in [9.17, 15) is 4.79 Å². The first-order valence-electron chi connectivity index (χ1n) is 8.63. The zero-order valence-electron chi connectivity index (χ0n) is 14.2. The maximum Gasteiger partial charge on any atom is 0.226 e. The van der Waals surface area contributed by atoms with E-state index >= 15 is 0 Å². The highest BCUT2D eigenvalue weighted by Gasteiger charge is 2.55. The van der Waals surface area contributed by atoms with E-state index in [2.05, 4.69) is 41.8 Å². The summed E-state index contributed by atoms with van der Waals surface area (Å²) in [6.07, 6.45) is 5.77. The van der Waals surface area contributed by atoms with Gasteiger partial charge in [-0.05, 0) is 57.1 Å². The summed E-state index contributed by atoms with van der Waals surface area (Å²) in [5.74, 6) is 1.62. The number of amides is 1. The van der Waals surface area contributed by atoms with E-state index < -0.39 is 0 Å². The Morgan fingerprint density at radius 3 is 2.61 bits per heavy atom. The Kier molecular flexibility index (Phi) is 6.10. The lowest BCUT2D eigenvalue weighted by atomic mass is 9.68. The molecule has 4 heteroatoms. The molecule has 2 fully saturated rings. The third-order valence-corrected chi connectivity index (χ3v) is 5.85. The Morgan fingerprint density at radius 2 is 2.04 bits per heavy atom. The van der Waals surface area contributed by atoms with Crippen LogP contribution in [0.3, 0.4) is 0 Å². The minimum absolute atomic E-state index is 0. The van der Waals surface area contributed by atoms with Gasteiger partial charge in [-0.1, -0.05) is 36.8 Å². The van der Waals surface area contributed by atoms with Crippen molar-refractivity contribution in [2.45, 2.75) is 45.1 Å². The highest BCUT2D eigenvalue weighted by molar-refractivity contribution is 5.85. The summed E-state index contributed by atoms with van der Waals surface area (Å²) in [4.78, 5) is 13.0. The number of halogens is 1. The maximum atomic E-state index is 13.0. The minimum Gasteiger partial charge on any atom is -0.354 e. The van der Waals surface area contributed by atoms with Crippen molar-refractivity contribution in [1.82, 2.24) is 10.6 Å². The molecule has 2 saturated carbocycles. The summed E-state index contributed by atoms with van der Waals surface area (Å²) in [6.45, 7) is 2.81. The second-order valence-electron chi connectivity index (χ2n) is 7.30. The van der Waals surface area contributed by atoms with Gasteiger partial charge >= 0.3 is 0 Å². The van der Waals surface area contributed by atoms with Crippen LogP contribution in [0.5, 0.6) is 0 Å². The molecule has 3 nitrogen and oxygen atoms in total. The molecule has 128 valence electrons. The molecule has 0 saturated heterocycles. The first kappa shape index (κ1) is 18.3. The Hall–Kier alpha value is -1.06. The van der Waals surface area contributed by atoms with Crippen LogP contribution in [0.1, 0.15) is 38.2 Å². The van der Waals surface area contributed by atoms with Crippen molar-refractivity contribution < 1.29 is 4.79 Å². The third-order valence-electron chi connectivity index (χ3n) is 5.85. The number of hydrogen-bond donors (Lipinski definition) is 2. The topological polar surface area (TPSA) is 41.1 Å². The predicted octanol–water partition coefficient (Wildman–Crippen LogP) is 3.18. The fraction of sp³-hybridized carbons (Fsp3) is 0.632. The fourth-order valence-corrected chi connectivity index (χ4v) is 4.50. The molecule has 2 aliphatic carbocycles. The molecule has 3 rings (SSSR count). The largest absolute Gasteiger partial charge is 0.354 e. The van der Waals surface area contributed by atoms with Crippen molar-refractivity contribution in [3.8, 4) is 0 Å². The van der Waals surface area contributed by atoms with Crippen LogP contribution in [0, 0.1) is 17.3 Å². The number of fused-ring (bicyclic) bond motifs is 2. The summed E-state index contributed by atoms with van der Waals surface area (Å²) in [5.41, 5.74) is 1.13. The van der Waals surface area contributed by atoms with Gasteiger partial charge in [-0.25, -0.2) is 0 Å². The monoisotopic (exact) mass is 336 g/mol. The van der Waals surface area contributed by atoms with Gasteiger partial charge in [0.2, 0.25) is 5.91 Å². The van der Waals surface area contributed by atoms with Gasteiger partial charge in [-0.15, -0.1) is 12.4 Å². The highest BCUT2D eigenvalue weighted by atomic mass is 35.5. The first-order chi connectivity index (χ1) is 10.6. The van der Waals surface area contributed by atoms with Crippen LogP contribution in [0.4, 0.5) is 0 Å². The van der Waals surface area contributed by atoms with Gasteiger partial charge in [0.1, 0.15) is 0 Å². The molecule has 0 radical (unpaired) electrons. The lowest BCUT2D eigenvalue weighted by Gasteiger charge is -2.37. The second kappa shape index (κ2) is 7.67. The van der Waals surface area contributed by atoms with Crippen LogP contribution in [-0.4, -0.2) is 25.5 Å². The van der Waals surface area contributed by atoms with Crippen LogP contribution in [0.25, 0.3) is 0 Å². The zero-order valence-corrected chi connectivity index (χ0v) is 15.0. The van der Waals surface area contributed by atoms with Crippen LogP contribution in [0.15, 0.2) is 30.3 Å². The Morgan fingerprint density at radius 1 is 1.30 bits per heavy atom. The van der Waals surface area contributed by atoms with Gasteiger partial charge in [0, 0.05) is 12.6 Å². The van der Waals surface area contributed by atoms with E-state index in [1.54, 1.807) is 0 Å². The van der Waals surface area contributed by atoms with Gasteiger partial charge in [-0.3, -0.25) is 4.79 Å². The summed E-state index contributed by atoms with van der Waals surface area (Å²) in [7, 11) is 1.94. The number of hydrogen-bond acceptors (Lipinski definition) is 2. The molecule has 4 unspecified atom stereocenters. The van der Waals surface area contributed by atoms with Crippen molar-refractivity contribution in [3.05, 3.63) is 35.9 Å². The molecule has 0 spiro atoms. The lowest BCUT2D eigenvalue weighted by Crippen LogP contribution is -2.49. The number of benzene rings is 1. The second-order valence-corrected chi connectivity index (χ2v) is 7.30. The van der Waals surface area contributed by atoms with E-state index in [1.165, 1.54) is 24.8 Å². The van der Waals surface area contributed by atoms with Crippen LogP contribution < -0.4 is 10.6 Å². The molecule has 0 heterocycles. The molecule has 0 aliphatic heterocycles. The Balaban J connectivity index is 0.00000192. The van der Waals surface area contributed by atoms with Gasteiger partial charge in [0.25, 0.3) is 0 Å². The number of carbonyl (C=O) groups is 1. The molecule has 23 heavy (non-hydrogen) atoms. The Labute approximate surface area is 146 Å². The third kappa shape index (κ3) is 3.72. The fourth-order valence-electron chi connectivity index (χ4n) is 4.50. The number of likely N-dealkylation sites (N-methyl/N-ethyl adjacent to an activating group) is 1. The van der Waals surface area contributed by atoms with Crippen LogP contribution in [0.2, 0.25) is 0 Å². The minimum atomic E-state index is -0.169. The first-order valence-corrected chi connectivity index (χ1v) is 8.63. The quantitative estimate of drug-likeness (QED) is 0.837. The SMILES string of the molecule is CNC(C)CNC(=O)C1(Cc2ccccc2)CC2CCC1C2.Cl. The molecule has 2 aliphatic rings. The molecule has 1 aromatic carbocycles. The van der Waals surface area contributed by atoms with Crippen molar-refractivity contribution in [2.75, 3.05) is 13.6 Å². The molecule has 1 amide bonds. The number of nitrogens with one attached hydrogen (secondary N) is 2. The number of rotatable bonds is 6. The smallest absolute Gasteiger partial charge is 0.226 e. The summed E-state index contributed by atoms with van der Waals surface area (Å²) in [5, 5.41) is 6.41. The molecule has 1 aromatic rings. The summed E-state index contributed by atoms with van der Waals surface area (Å²) in [6, 6.07) is 10.9. The molecule has 2 bridgehead atoms. The summed E-state index contributed by atoms with van der Waals surface area (Å²) < 4.78 is 0. The van der Waals surface area contributed by atoms with E-state index in [1.807, 2.05) is 13.1 Å². The van der Waals surface area contributed by atoms with Crippen molar-refractivity contribution in [2.24, 2.45) is 17.3 Å². The van der Waals surface area contributed by atoms with Gasteiger partial charge in [0.05, 0.1) is 5.41 Å². The van der Waals surface area contributed by atoms with E-state index in [-0.39, 0.29) is 23.7 Å². The van der Waals surface area contributed by atoms with Gasteiger partial charge in [0.15, 0.2) is 0 Å². The standard InChI is InChI=1S/C19H28N2O.ClH/c1-14(20-2)13-21-18(22)19(11-15-6-4-3-5-7-15)12-16-8-9-17(19)10-16;/h3-7,14,16-17,20H,8-13H2,1-2H3,(H,21,22);1H. The highest BCUT2D eigenvalue weighted by Crippen LogP contribution is 2.57. The molecular formula is C19H29ClN2O. The molecular weight excluding hydrogens is 308 g/mol. The van der Waals surface area contributed by atoms with Gasteiger partial charge < -0.3 is 10.6 Å². The van der Waals surface area contributed by atoms with Crippen LogP contribution >= 0.6 is 12.4 Å². The average molecular weight is 337 g/mol.